The Morgan fingerprint density at radius 3 is 2.23 bits per heavy atom. The number of fused-ring (bicyclic) bond motifs is 1. The van der Waals surface area contributed by atoms with Gasteiger partial charge >= 0.3 is 18.1 Å². The number of amides is 2. The van der Waals surface area contributed by atoms with Crippen LogP contribution in [0.3, 0.4) is 0 Å². The van der Waals surface area contributed by atoms with Crippen molar-refractivity contribution in [2.45, 2.75) is 12.1 Å². The molecule has 0 atom stereocenters. The molecule has 9 heteroatoms. The van der Waals surface area contributed by atoms with Crippen molar-refractivity contribution in [1.29, 1.82) is 0 Å². The van der Waals surface area contributed by atoms with Gasteiger partial charge in [-0.25, -0.2) is 4.79 Å². The van der Waals surface area contributed by atoms with E-state index >= 15 is 0 Å². The summed E-state index contributed by atoms with van der Waals surface area (Å²) < 4.78 is 49.5. The SMILES string of the molecule is CN(C)CCNC(=O)NC1(C(F)(F)F)Oc2ccccc2O1. The molecule has 2 rings (SSSR count). The number of alkyl halides is 3. The fraction of sp³-hybridized carbons (Fsp3) is 0.462. The minimum atomic E-state index is -4.95. The van der Waals surface area contributed by atoms with Crippen molar-refractivity contribution in [3.8, 4) is 11.5 Å². The van der Waals surface area contributed by atoms with E-state index in [1.807, 2.05) is 0 Å². The first-order valence-electron chi connectivity index (χ1n) is 6.48. The van der Waals surface area contributed by atoms with Gasteiger partial charge in [0.05, 0.1) is 0 Å². The summed E-state index contributed by atoms with van der Waals surface area (Å²) in [4.78, 5) is 13.5. The van der Waals surface area contributed by atoms with Gasteiger partial charge in [0.2, 0.25) is 0 Å². The standard InChI is InChI=1S/C13H16F3N3O3/c1-19(2)8-7-17-11(20)18-13(12(14,15)16)21-9-5-3-4-6-10(9)22-13/h3-6H,7-8H2,1-2H3,(H2,17,18,20). The van der Waals surface area contributed by atoms with Crippen LogP contribution in [0.1, 0.15) is 0 Å². The molecule has 0 bridgehead atoms. The van der Waals surface area contributed by atoms with Gasteiger partial charge in [0.25, 0.3) is 0 Å². The second-order valence-electron chi connectivity index (χ2n) is 4.95. The highest BCUT2D eigenvalue weighted by Gasteiger charge is 2.65. The lowest BCUT2D eigenvalue weighted by Crippen LogP contribution is -2.66. The minimum Gasteiger partial charge on any atom is -0.424 e. The Balaban J connectivity index is 2.08. The zero-order valence-electron chi connectivity index (χ0n) is 12.0. The van der Waals surface area contributed by atoms with Gasteiger partial charge in [-0.2, -0.15) is 13.2 Å². The number of rotatable bonds is 4. The number of carbonyl (C=O) groups excluding carboxylic acids is 1. The molecular formula is C13H16F3N3O3. The first-order chi connectivity index (χ1) is 10.2. The van der Waals surface area contributed by atoms with Crippen LogP contribution >= 0.6 is 0 Å². The molecule has 0 aromatic heterocycles. The molecule has 0 unspecified atom stereocenters. The average molecular weight is 319 g/mol. The first kappa shape index (κ1) is 16.2. The molecule has 0 radical (unpaired) electrons. The number of benzene rings is 1. The van der Waals surface area contributed by atoms with Gasteiger partial charge in [0, 0.05) is 13.1 Å². The van der Waals surface area contributed by atoms with Crippen molar-refractivity contribution < 1.29 is 27.4 Å². The molecule has 6 nitrogen and oxygen atoms in total. The number of carbonyl (C=O) groups is 1. The predicted molar refractivity (Wildman–Crippen MR) is 71.6 cm³/mol. The van der Waals surface area contributed by atoms with Gasteiger partial charge in [-0.15, -0.1) is 0 Å². The summed E-state index contributed by atoms with van der Waals surface area (Å²) in [6.45, 7) is 0.661. The van der Waals surface area contributed by atoms with E-state index in [-0.39, 0.29) is 18.0 Å². The zero-order valence-corrected chi connectivity index (χ0v) is 12.0. The van der Waals surface area contributed by atoms with Gasteiger partial charge in [0.15, 0.2) is 11.5 Å². The van der Waals surface area contributed by atoms with Gasteiger partial charge in [0.1, 0.15) is 0 Å². The molecule has 1 aliphatic heterocycles. The topological polar surface area (TPSA) is 62.8 Å². The van der Waals surface area contributed by atoms with Crippen LogP contribution in [0.4, 0.5) is 18.0 Å². The van der Waals surface area contributed by atoms with Crippen molar-refractivity contribution in [2.75, 3.05) is 27.2 Å². The maximum Gasteiger partial charge on any atom is 0.492 e. The van der Waals surface area contributed by atoms with Crippen LogP contribution in [0.15, 0.2) is 24.3 Å². The van der Waals surface area contributed by atoms with E-state index in [0.29, 0.717) is 6.54 Å². The summed E-state index contributed by atoms with van der Waals surface area (Å²) in [7, 11) is 3.55. The summed E-state index contributed by atoms with van der Waals surface area (Å²) in [5.74, 6) is -3.40. The van der Waals surface area contributed by atoms with Crippen LogP contribution in [0, 0.1) is 0 Å². The molecule has 122 valence electrons. The molecule has 0 aliphatic carbocycles. The summed E-state index contributed by atoms with van der Waals surface area (Å²) in [6.07, 6.45) is -4.95. The van der Waals surface area contributed by atoms with Crippen molar-refractivity contribution in [1.82, 2.24) is 15.5 Å². The van der Waals surface area contributed by atoms with Crippen LogP contribution in [0.5, 0.6) is 11.5 Å². The number of hydrogen-bond acceptors (Lipinski definition) is 4. The molecular weight excluding hydrogens is 303 g/mol. The van der Waals surface area contributed by atoms with Gasteiger partial charge in [-0.1, -0.05) is 12.1 Å². The van der Waals surface area contributed by atoms with E-state index in [2.05, 4.69) is 5.32 Å². The monoisotopic (exact) mass is 319 g/mol. The van der Waals surface area contributed by atoms with E-state index in [9.17, 15) is 18.0 Å². The number of halogens is 3. The smallest absolute Gasteiger partial charge is 0.424 e. The molecule has 1 heterocycles. The van der Waals surface area contributed by atoms with Crippen molar-refractivity contribution >= 4 is 6.03 Å². The molecule has 1 aliphatic rings. The second-order valence-corrected chi connectivity index (χ2v) is 4.95. The number of hydrogen-bond donors (Lipinski definition) is 2. The van der Waals surface area contributed by atoms with Crippen molar-refractivity contribution in [3.05, 3.63) is 24.3 Å². The maximum absolute atomic E-state index is 13.3. The lowest BCUT2D eigenvalue weighted by molar-refractivity contribution is -0.317. The van der Waals surface area contributed by atoms with Gasteiger partial charge < -0.3 is 19.7 Å². The molecule has 0 fully saturated rings. The normalized spacial score (nSPS) is 15.7. The number of likely N-dealkylation sites (N-methyl/N-ethyl adjacent to an activating group) is 1. The summed E-state index contributed by atoms with van der Waals surface area (Å²) in [6, 6.07) is 4.63. The Bertz CT molecular complexity index is 524. The average Bonchev–Trinajstić information content (AvgIpc) is 2.76. The molecule has 22 heavy (non-hydrogen) atoms. The summed E-state index contributed by atoms with van der Waals surface area (Å²) >= 11 is 0. The minimum absolute atomic E-state index is 0.0894. The first-order valence-corrected chi connectivity index (χ1v) is 6.48. The molecule has 0 saturated carbocycles. The lowest BCUT2D eigenvalue weighted by Gasteiger charge is -2.29. The Morgan fingerprint density at radius 2 is 1.77 bits per heavy atom. The van der Waals surface area contributed by atoms with Crippen LogP contribution in [0.2, 0.25) is 0 Å². The Kier molecular flexibility index (Phi) is 4.36. The Hall–Kier alpha value is -2.16. The fourth-order valence-corrected chi connectivity index (χ4v) is 1.77. The zero-order chi connectivity index (χ0) is 16.4. The quantitative estimate of drug-likeness (QED) is 0.884. The van der Waals surface area contributed by atoms with Crippen molar-refractivity contribution in [2.24, 2.45) is 0 Å². The third kappa shape index (κ3) is 3.35. The Morgan fingerprint density at radius 1 is 1.23 bits per heavy atom. The molecule has 2 amide bonds. The van der Waals surface area contributed by atoms with E-state index in [1.165, 1.54) is 24.3 Å². The van der Waals surface area contributed by atoms with Crippen molar-refractivity contribution in [3.63, 3.8) is 0 Å². The fourth-order valence-electron chi connectivity index (χ4n) is 1.77. The van der Waals surface area contributed by atoms with E-state index in [0.717, 1.165) is 0 Å². The number of urea groups is 1. The van der Waals surface area contributed by atoms with Gasteiger partial charge in [-0.3, -0.25) is 5.32 Å². The maximum atomic E-state index is 13.3. The lowest BCUT2D eigenvalue weighted by atomic mass is 10.3. The number of nitrogens with one attached hydrogen (secondary N) is 2. The largest absolute Gasteiger partial charge is 0.492 e. The third-order valence-corrected chi connectivity index (χ3v) is 2.85. The van der Waals surface area contributed by atoms with Crippen LogP contribution in [0.25, 0.3) is 0 Å². The van der Waals surface area contributed by atoms with Gasteiger partial charge in [-0.05, 0) is 26.2 Å². The molecule has 2 N–H and O–H groups in total. The highest BCUT2D eigenvalue weighted by molar-refractivity contribution is 5.74. The second kappa shape index (κ2) is 5.91. The predicted octanol–water partition coefficient (Wildman–Crippen LogP) is 1.53. The molecule has 0 spiro atoms. The van der Waals surface area contributed by atoms with Crippen LogP contribution in [-0.4, -0.2) is 50.2 Å². The summed E-state index contributed by atoms with van der Waals surface area (Å²) in [5, 5.41) is 4.03. The number of nitrogens with zero attached hydrogens (tertiary/aromatic N) is 1. The third-order valence-electron chi connectivity index (χ3n) is 2.85. The number of ether oxygens (including phenoxy) is 2. The van der Waals surface area contributed by atoms with E-state index in [4.69, 9.17) is 9.47 Å². The van der Waals surface area contributed by atoms with E-state index < -0.39 is 18.1 Å². The van der Waals surface area contributed by atoms with Crippen LogP contribution in [-0.2, 0) is 0 Å². The Labute approximate surface area is 125 Å². The molecule has 1 aromatic carbocycles. The molecule has 1 aromatic rings. The van der Waals surface area contributed by atoms with Crippen LogP contribution < -0.4 is 20.1 Å². The summed E-state index contributed by atoms with van der Waals surface area (Å²) in [5.41, 5.74) is 0. The highest BCUT2D eigenvalue weighted by Crippen LogP contribution is 2.44. The van der Waals surface area contributed by atoms with E-state index in [1.54, 1.807) is 24.3 Å². The number of para-hydroxylation sites is 2. The highest BCUT2D eigenvalue weighted by atomic mass is 19.4. The molecule has 0 saturated heterocycles.